The molecule has 0 saturated carbocycles. The lowest BCUT2D eigenvalue weighted by Gasteiger charge is -2.10. The van der Waals surface area contributed by atoms with Crippen molar-refractivity contribution in [3.05, 3.63) is 52.0 Å². The summed E-state index contributed by atoms with van der Waals surface area (Å²) in [6.07, 6.45) is 0. The number of fused-ring (bicyclic) bond motifs is 1. The van der Waals surface area contributed by atoms with Crippen molar-refractivity contribution in [3.8, 4) is 11.5 Å². The van der Waals surface area contributed by atoms with E-state index in [4.69, 9.17) is 9.47 Å². The average Bonchev–Trinajstić information content (AvgIpc) is 2.90. The summed E-state index contributed by atoms with van der Waals surface area (Å²) in [5, 5.41) is 2.86. The van der Waals surface area contributed by atoms with E-state index in [1.165, 1.54) is 0 Å². The highest BCUT2D eigenvalue weighted by Crippen LogP contribution is 2.35. The fourth-order valence-corrected chi connectivity index (χ4v) is 2.29. The molecule has 6 heteroatoms. The van der Waals surface area contributed by atoms with Crippen LogP contribution < -0.4 is 14.8 Å². The zero-order valence-electron chi connectivity index (χ0n) is 10.3. The number of halogens is 3. The van der Waals surface area contributed by atoms with Gasteiger partial charge in [-0.15, -0.1) is 0 Å². The van der Waals surface area contributed by atoms with Crippen molar-refractivity contribution in [1.82, 2.24) is 0 Å². The fraction of sp³-hybridized carbons (Fsp3) is 0.143. The molecular weight excluding hydrogens is 332 g/mol. The van der Waals surface area contributed by atoms with Gasteiger partial charge < -0.3 is 14.8 Å². The molecule has 1 aliphatic heterocycles. The van der Waals surface area contributed by atoms with Gasteiger partial charge in [0.25, 0.3) is 0 Å². The number of nitrogens with one attached hydrogen (secondary N) is 1. The van der Waals surface area contributed by atoms with Crippen molar-refractivity contribution in [2.75, 3.05) is 12.1 Å². The van der Waals surface area contributed by atoms with Crippen molar-refractivity contribution in [3.63, 3.8) is 0 Å². The van der Waals surface area contributed by atoms with Gasteiger partial charge in [-0.2, -0.15) is 0 Å². The quantitative estimate of drug-likeness (QED) is 0.853. The molecule has 0 aromatic heterocycles. The number of hydrogen-bond acceptors (Lipinski definition) is 3. The molecular formula is C14H10BrF2NO2. The van der Waals surface area contributed by atoms with Crippen molar-refractivity contribution in [2.45, 2.75) is 6.54 Å². The van der Waals surface area contributed by atoms with E-state index in [-0.39, 0.29) is 17.0 Å². The van der Waals surface area contributed by atoms with Gasteiger partial charge in [0.15, 0.2) is 11.5 Å². The molecule has 2 aromatic rings. The first-order chi connectivity index (χ1) is 9.65. The molecule has 1 heterocycles. The molecule has 2 aromatic carbocycles. The monoisotopic (exact) mass is 341 g/mol. The number of para-hydroxylation sites is 1. The van der Waals surface area contributed by atoms with Crippen molar-refractivity contribution in [1.29, 1.82) is 0 Å². The Morgan fingerprint density at radius 2 is 2.00 bits per heavy atom. The van der Waals surface area contributed by atoms with Crippen LogP contribution in [0.3, 0.4) is 0 Å². The molecule has 20 heavy (non-hydrogen) atoms. The summed E-state index contributed by atoms with van der Waals surface area (Å²) in [5.74, 6) is 0.250. The standard InChI is InChI=1S/C14H10BrF2NO2/c15-9-4-11(17)12(5-10(9)16)18-6-8-2-1-3-13-14(8)20-7-19-13/h1-5,18H,6-7H2. The van der Waals surface area contributed by atoms with Crippen LogP contribution in [-0.4, -0.2) is 6.79 Å². The summed E-state index contributed by atoms with van der Waals surface area (Å²) in [5.41, 5.74) is 0.921. The molecule has 0 unspecified atom stereocenters. The molecule has 0 fully saturated rings. The molecule has 0 bridgehead atoms. The molecule has 3 rings (SSSR count). The molecule has 0 saturated heterocycles. The number of benzene rings is 2. The van der Waals surface area contributed by atoms with E-state index in [0.717, 1.165) is 17.7 Å². The maximum Gasteiger partial charge on any atom is 0.231 e. The largest absolute Gasteiger partial charge is 0.454 e. The summed E-state index contributed by atoms with van der Waals surface area (Å²) in [6.45, 7) is 0.484. The smallest absolute Gasteiger partial charge is 0.231 e. The van der Waals surface area contributed by atoms with Crippen LogP contribution in [0.25, 0.3) is 0 Å². The van der Waals surface area contributed by atoms with Crippen molar-refractivity contribution in [2.24, 2.45) is 0 Å². The second-order valence-electron chi connectivity index (χ2n) is 4.25. The Morgan fingerprint density at radius 3 is 2.85 bits per heavy atom. The van der Waals surface area contributed by atoms with E-state index in [9.17, 15) is 8.78 Å². The normalized spacial score (nSPS) is 12.6. The molecule has 0 spiro atoms. The highest BCUT2D eigenvalue weighted by Gasteiger charge is 2.17. The predicted molar refractivity (Wildman–Crippen MR) is 73.9 cm³/mol. The van der Waals surface area contributed by atoms with Crippen LogP contribution in [0.2, 0.25) is 0 Å². The Kier molecular flexibility index (Phi) is 3.48. The van der Waals surface area contributed by atoms with Gasteiger partial charge in [0, 0.05) is 18.2 Å². The highest BCUT2D eigenvalue weighted by atomic mass is 79.9. The molecule has 0 aliphatic carbocycles. The lowest BCUT2D eigenvalue weighted by atomic mass is 10.2. The minimum Gasteiger partial charge on any atom is -0.454 e. The maximum atomic E-state index is 13.7. The Hall–Kier alpha value is -1.82. The molecule has 1 N–H and O–H groups in total. The van der Waals surface area contributed by atoms with E-state index in [0.29, 0.717) is 18.0 Å². The predicted octanol–water partition coefficient (Wildman–Crippen LogP) is 4.07. The second kappa shape index (κ2) is 5.28. The zero-order chi connectivity index (χ0) is 14.1. The summed E-state index contributed by atoms with van der Waals surface area (Å²) >= 11 is 2.94. The van der Waals surface area contributed by atoms with Gasteiger partial charge in [-0.3, -0.25) is 0 Å². The van der Waals surface area contributed by atoms with Gasteiger partial charge in [0.1, 0.15) is 11.6 Å². The summed E-state index contributed by atoms with van der Waals surface area (Å²) in [6, 6.07) is 7.66. The van der Waals surface area contributed by atoms with Gasteiger partial charge in [0.2, 0.25) is 6.79 Å². The third-order valence-corrected chi connectivity index (χ3v) is 3.57. The van der Waals surface area contributed by atoms with Crippen LogP contribution in [-0.2, 0) is 6.54 Å². The number of ether oxygens (including phenoxy) is 2. The van der Waals surface area contributed by atoms with Crippen LogP contribution >= 0.6 is 15.9 Å². The Morgan fingerprint density at radius 1 is 1.15 bits per heavy atom. The average molecular weight is 342 g/mol. The first kappa shape index (κ1) is 13.2. The SMILES string of the molecule is Fc1cc(NCc2cccc3c2OCO3)c(F)cc1Br. The number of rotatable bonds is 3. The first-order valence-corrected chi connectivity index (χ1v) is 6.70. The second-order valence-corrected chi connectivity index (χ2v) is 5.10. The molecule has 0 atom stereocenters. The van der Waals surface area contributed by atoms with E-state index < -0.39 is 11.6 Å². The van der Waals surface area contributed by atoms with Crippen LogP contribution in [0.15, 0.2) is 34.8 Å². The molecule has 1 aliphatic rings. The minimum atomic E-state index is -0.525. The van der Waals surface area contributed by atoms with Gasteiger partial charge in [-0.25, -0.2) is 8.78 Å². The highest BCUT2D eigenvalue weighted by molar-refractivity contribution is 9.10. The van der Waals surface area contributed by atoms with Gasteiger partial charge >= 0.3 is 0 Å². The topological polar surface area (TPSA) is 30.5 Å². The third kappa shape index (κ3) is 2.43. The lowest BCUT2D eigenvalue weighted by Crippen LogP contribution is -2.03. The van der Waals surface area contributed by atoms with E-state index in [2.05, 4.69) is 21.2 Å². The zero-order valence-corrected chi connectivity index (χ0v) is 11.8. The van der Waals surface area contributed by atoms with E-state index in [1.54, 1.807) is 6.07 Å². The summed E-state index contributed by atoms with van der Waals surface area (Å²) < 4.78 is 37.8. The Balaban J connectivity index is 1.81. The Bertz CT molecular complexity index is 664. The van der Waals surface area contributed by atoms with Gasteiger partial charge in [-0.1, -0.05) is 12.1 Å². The van der Waals surface area contributed by atoms with Crippen LogP contribution in [0.5, 0.6) is 11.5 Å². The minimum absolute atomic E-state index is 0.0953. The number of hydrogen-bond donors (Lipinski definition) is 1. The first-order valence-electron chi connectivity index (χ1n) is 5.91. The van der Waals surface area contributed by atoms with E-state index >= 15 is 0 Å². The van der Waals surface area contributed by atoms with Crippen LogP contribution in [0, 0.1) is 11.6 Å². The number of anilines is 1. The van der Waals surface area contributed by atoms with Crippen LogP contribution in [0.4, 0.5) is 14.5 Å². The molecule has 0 radical (unpaired) electrons. The fourth-order valence-electron chi connectivity index (χ4n) is 1.98. The van der Waals surface area contributed by atoms with Crippen LogP contribution in [0.1, 0.15) is 5.56 Å². The lowest BCUT2D eigenvalue weighted by molar-refractivity contribution is 0.173. The molecule has 0 amide bonds. The summed E-state index contributed by atoms with van der Waals surface area (Å²) in [7, 11) is 0. The van der Waals surface area contributed by atoms with Gasteiger partial charge in [-0.05, 0) is 28.1 Å². The molecule has 3 nitrogen and oxygen atoms in total. The molecule has 104 valence electrons. The maximum absolute atomic E-state index is 13.7. The van der Waals surface area contributed by atoms with Crippen molar-refractivity contribution >= 4 is 21.6 Å². The summed E-state index contributed by atoms with van der Waals surface area (Å²) in [4.78, 5) is 0. The van der Waals surface area contributed by atoms with Gasteiger partial charge in [0.05, 0.1) is 10.2 Å². The van der Waals surface area contributed by atoms with E-state index in [1.807, 2.05) is 12.1 Å². The Labute approximate surface area is 122 Å². The third-order valence-electron chi connectivity index (χ3n) is 2.96. The van der Waals surface area contributed by atoms with Crippen molar-refractivity contribution < 1.29 is 18.3 Å².